The Labute approximate surface area is 183 Å². The van der Waals surface area contributed by atoms with Crippen LogP contribution in [0.3, 0.4) is 0 Å². The third-order valence-electron chi connectivity index (χ3n) is 4.94. The first-order valence-corrected chi connectivity index (χ1v) is 9.86. The van der Waals surface area contributed by atoms with Crippen molar-refractivity contribution in [1.82, 2.24) is 19.5 Å². The van der Waals surface area contributed by atoms with E-state index in [1.807, 2.05) is 6.07 Å². The zero-order valence-corrected chi connectivity index (χ0v) is 16.9. The van der Waals surface area contributed by atoms with Crippen LogP contribution in [0.1, 0.15) is 44.1 Å². The number of aromatic nitrogens is 4. The Morgan fingerprint density at radius 1 is 1.25 bits per heavy atom. The van der Waals surface area contributed by atoms with Gasteiger partial charge in [0.25, 0.3) is 5.91 Å². The van der Waals surface area contributed by atoms with Crippen molar-refractivity contribution in [2.45, 2.75) is 44.6 Å². The lowest BCUT2D eigenvalue weighted by Crippen LogP contribution is -2.24. The lowest BCUT2D eigenvalue weighted by atomic mass is 10.2. The van der Waals surface area contributed by atoms with Crippen LogP contribution in [0.4, 0.5) is 5.82 Å². The molecule has 32 heavy (non-hydrogen) atoms. The van der Waals surface area contributed by atoms with Crippen molar-refractivity contribution in [3.05, 3.63) is 48.5 Å². The number of benzene rings is 1. The fourth-order valence-corrected chi connectivity index (χ4v) is 3.36. The quantitative estimate of drug-likeness (QED) is 0.528. The normalized spacial score (nSPS) is 20.6. The molecule has 1 unspecified atom stereocenters. The summed E-state index contributed by atoms with van der Waals surface area (Å²) in [6, 6.07) is 8.67. The van der Waals surface area contributed by atoms with E-state index in [2.05, 4.69) is 20.3 Å². The molecule has 3 aromatic rings. The SMILES string of the molecule is [2H]C[C@H]1O[C@@H](n2cnc3c(NC(=O)c4ccccc4)ncnc32)CC1OC(=O)CCC(=O)O. The molecule has 1 aliphatic rings. The molecule has 3 heterocycles. The van der Waals surface area contributed by atoms with E-state index in [1.165, 1.54) is 12.7 Å². The molecule has 0 aliphatic carbocycles. The van der Waals surface area contributed by atoms with E-state index >= 15 is 0 Å². The molecule has 0 saturated carbocycles. The smallest absolute Gasteiger partial charge is 0.306 e. The average Bonchev–Trinajstić information content (AvgIpc) is 3.42. The Balaban J connectivity index is 1.51. The number of nitrogens with one attached hydrogen (secondary N) is 1. The van der Waals surface area contributed by atoms with Crippen LogP contribution in [-0.2, 0) is 19.1 Å². The number of imidazole rings is 1. The lowest BCUT2D eigenvalue weighted by molar-refractivity contribution is -0.154. The van der Waals surface area contributed by atoms with Crippen molar-refractivity contribution in [1.29, 1.82) is 0 Å². The molecule has 166 valence electrons. The van der Waals surface area contributed by atoms with Gasteiger partial charge in [-0.15, -0.1) is 0 Å². The van der Waals surface area contributed by atoms with Crippen LogP contribution in [0.5, 0.6) is 0 Å². The van der Waals surface area contributed by atoms with E-state index in [-0.39, 0.29) is 37.9 Å². The Kier molecular flexibility index (Phi) is 5.71. The topological polar surface area (TPSA) is 146 Å². The molecule has 11 heteroatoms. The van der Waals surface area contributed by atoms with Gasteiger partial charge in [0.2, 0.25) is 0 Å². The van der Waals surface area contributed by atoms with Crippen LogP contribution in [0.15, 0.2) is 43.0 Å². The second-order valence-corrected chi connectivity index (χ2v) is 7.15. The van der Waals surface area contributed by atoms with Gasteiger partial charge in [0, 0.05) is 13.4 Å². The fraction of sp³-hybridized carbons (Fsp3) is 0.333. The van der Waals surface area contributed by atoms with Gasteiger partial charge in [-0.3, -0.25) is 19.0 Å². The largest absolute Gasteiger partial charge is 0.481 e. The number of esters is 1. The Morgan fingerprint density at radius 3 is 2.81 bits per heavy atom. The summed E-state index contributed by atoms with van der Waals surface area (Å²) in [5.74, 6) is -1.86. The summed E-state index contributed by atoms with van der Waals surface area (Å²) in [4.78, 5) is 47.8. The number of fused-ring (bicyclic) bond motifs is 1. The molecule has 2 N–H and O–H groups in total. The van der Waals surface area contributed by atoms with Gasteiger partial charge in [-0.1, -0.05) is 18.2 Å². The molecular formula is C21H21N5O6. The minimum atomic E-state index is -1.09. The molecule has 2 aromatic heterocycles. The zero-order valence-electron chi connectivity index (χ0n) is 17.9. The molecule has 4 rings (SSSR count). The summed E-state index contributed by atoms with van der Waals surface area (Å²) in [6.45, 7) is -0.145. The highest BCUT2D eigenvalue weighted by Gasteiger charge is 2.37. The zero-order chi connectivity index (χ0) is 23.4. The van der Waals surface area contributed by atoms with E-state index in [1.54, 1.807) is 28.8 Å². The van der Waals surface area contributed by atoms with Gasteiger partial charge < -0.3 is 19.9 Å². The molecule has 1 aliphatic heterocycles. The molecule has 1 saturated heterocycles. The second kappa shape index (κ2) is 9.10. The number of aliphatic carboxylic acids is 1. The molecule has 1 amide bonds. The maximum absolute atomic E-state index is 12.5. The first-order chi connectivity index (χ1) is 16.0. The van der Waals surface area contributed by atoms with Crippen molar-refractivity contribution >= 4 is 34.8 Å². The minimum absolute atomic E-state index is 0.145. The molecule has 0 radical (unpaired) electrons. The number of nitrogens with zero attached hydrogens (tertiary/aromatic N) is 4. The van der Waals surface area contributed by atoms with Gasteiger partial charge in [-0.05, 0) is 19.0 Å². The first-order valence-electron chi connectivity index (χ1n) is 10.6. The van der Waals surface area contributed by atoms with Crippen LogP contribution in [0.2, 0.25) is 0 Å². The number of anilines is 1. The molecule has 11 nitrogen and oxygen atoms in total. The van der Waals surface area contributed by atoms with Gasteiger partial charge >= 0.3 is 11.9 Å². The highest BCUT2D eigenvalue weighted by molar-refractivity contribution is 6.06. The van der Waals surface area contributed by atoms with Gasteiger partial charge in [0.1, 0.15) is 18.7 Å². The van der Waals surface area contributed by atoms with Gasteiger partial charge in [0.15, 0.2) is 17.0 Å². The van der Waals surface area contributed by atoms with Crippen molar-refractivity contribution in [3.8, 4) is 0 Å². The van der Waals surface area contributed by atoms with Crippen molar-refractivity contribution in [2.24, 2.45) is 0 Å². The monoisotopic (exact) mass is 440 g/mol. The predicted molar refractivity (Wildman–Crippen MR) is 111 cm³/mol. The summed E-state index contributed by atoms with van der Waals surface area (Å²) in [7, 11) is 0. The first kappa shape index (κ1) is 20.1. The van der Waals surface area contributed by atoms with Crippen molar-refractivity contribution in [2.75, 3.05) is 5.32 Å². The molecule has 3 atom stereocenters. The number of hydrogen-bond donors (Lipinski definition) is 2. The maximum Gasteiger partial charge on any atom is 0.306 e. The van der Waals surface area contributed by atoms with E-state index in [4.69, 9.17) is 16.0 Å². The van der Waals surface area contributed by atoms with E-state index in [0.717, 1.165) is 0 Å². The number of rotatable bonds is 7. The van der Waals surface area contributed by atoms with E-state index < -0.39 is 30.4 Å². The molecule has 1 aromatic carbocycles. The molecule has 1 fully saturated rings. The summed E-state index contributed by atoms with van der Waals surface area (Å²) >= 11 is 0. The van der Waals surface area contributed by atoms with Crippen LogP contribution in [-0.4, -0.2) is 54.7 Å². The van der Waals surface area contributed by atoms with Gasteiger partial charge in [-0.2, -0.15) is 0 Å². The third kappa shape index (κ3) is 4.57. The average molecular weight is 440 g/mol. The highest BCUT2D eigenvalue weighted by atomic mass is 16.6. The van der Waals surface area contributed by atoms with Gasteiger partial charge in [-0.25, -0.2) is 15.0 Å². The molecule has 0 spiro atoms. The highest BCUT2D eigenvalue weighted by Crippen LogP contribution is 2.33. The number of amides is 1. The Morgan fingerprint density at radius 2 is 2.06 bits per heavy atom. The lowest BCUT2D eigenvalue weighted by Gasteiger charge is -2.14. The Bertz CT molecular complexity index is 1170. The minimum Gasteiger partial charge on any atom is -0.481 e. The number of ether oxygens (including phenoxy) is 2. The summed E-state index contributed by atoms with van der Waals surface area (Å²) in [6.07, 6.45) is 0.429. The number of carboxylic acid groups (broad SMARTS) is 1. The summed E-state index contributed by atoms with van der Waals surface area (Å²) in [5.41, 5.74) is 1.23. The molecular weight excluding hydrogens is 418 g/mol. The standard InChI is InChI=1S/C21H21N5O6/c1-12-14(32-17(29)8-7-16(27)28)9-15(31-12)26-11-24-18-19(22-10-23-20(18)26)25-21(30)13-5-3-2-4-6-13/h2-6,10-12,14-15H,7-9H2,1H3,(H,27,28)(H,22,23,25,30)/t12-,14?,15-/m1/s1/i1D. The number of hydrogen-bond acceptors (Lipinski definition) is 8. The van der Waals surface area contributed by atoms with E-state index in [0.29, 0.717) is 16.7 Å². The van der Waals surface area contributed by atoms with Crippen molar-refractivity contribution < 1.29 is 30.3 Å². The number of carbonyl (C=O) groups excluding carboxylic acids is 2. The fourth-order valence-electron chi connectivity index (χ4n) is 3.36. The van der Waals surface area contributed by atoms with Crippen LogP contribution >= 0.6 is 0 Å². The van der Waals surface area contributed by atoms with Crippen LogP contribution in [0, 0.1) is 0 Å². The van der Waals surface area contributed by atoms with Crippen LogP contribution in [0.25, 0.3) is 11.2 Å². The van der Waals surface area contributed by atoms with Gasteiger partial charge in [0.05, 0.1) is 25.3 Å². The van der Waals surface area contributed by atoms with E-state index in [9.17, 15) is 14.4 Å². The second-order valence-electron chi connectivity index (χ2n) is 7.15. The molecule has 0 bridgehead atoms. The van der Waals surface area contributed by atoms with Crippen molar-refractivity contribution in [3.63, 3.8) is 0 Å². The number of carbonyl (C=O) groups is 3. The predicted octanol–water partition coefficient (Wildman–Crippen LogP) is 2.16. The third-order valence-corrected chi connectivity index (χ3v) is 4.94. The summed E-state index contributed by atoms with van der Waals surface area (Å²) < 4.78 is 20.6. The van der Waals surface area contributed by atoms with Crippen LogP contribution < -0.4 is 5.32 Å². The number of carboxylic acids is 1. The Hall–Kier alpha value is -3.86. The maximum atomic E-state index is 12.5. The summed E-state index contributed by atoms with van der Waals surface area (Å²) in [5, 5.41) is 11.4.